The van der Waals surface area contributed by atoms with Crippen molar-refractivity contribution in [3.63, 3.8) is 0 Å². The van der Waals surface area contributed by atoms with Gasteiger partial charge in [0.1, 0.15) is 34.8 Å². The van der Waals surface area contributed by atoms with Gasteiger partial charge in [0.25, 0.3) is 5.91 Å². The summed E-state index contributed by atoms with van der Waals surface area (Å²) in [6.45, 7) is 1.51. The van der Waals surface area contributed by atoms with Crippen LogP contribution in [0.25, 0.3) is 61.0 Å². The molecule has 3 aromatic carbocycles. The lowest BCUT2D eigenvalue weighted by Gasteiger charge is -2.13. The molecular weight excluding hydrogens is 588 g/mol. The van der Waals surface area contributed by atoms with Crippen LogP contribution in [-0.2, 0) is 10.0 Å². The van der Waals surface area contributed by atoms with E-state index in [1.54, 1.807) is 30.6 Å². The highest BCUT2D eigenvalue weighted by Gasteiger charge is 2.25. The Labute approximate surface area is 249 Å². The van der Waals surface area contributed by atoms with E-state index < -0.39 is 21.7 Å². The lowest BCUT2D eigenvalue weighted by Crippen LogP contribution is -2.18. The third-order valence-electron chi connectivity index (χ3n) is 7.54. The summed E-state index contributed by atoms with van der Waals surface area (Å²) in [5.41, 5.74) is 4.40. The first-order chi connectivity index (χ1) is 21.2. The summed E-state index contributed by atoms with van der Waals surface area (Å²) in [6, 6.07) is 18.4. The van der Waals surface area contributed by atoms with Crippen LogP contribution in [0.3, 0.4) is 0 Å². The third-order valence-corrected chi connectivity index (χ3v) is 8.83. The lowest BCUT2D eigenvalue weighted by atomic mass is 10.0. The van der Waals surface area contributed by atoms with Crippen molar-refractivity contribution in [3.8, 4) is 22.6 Å². The minimum atomic E-state index is -3.74. The molecule has 0 spiro atoms. The molecule has 0 bridgehead atoms. The molecule has 0 radical (unpaired) electrons. The predicted octanol–water partition coefficient (Wildman–Crippen LogP) is 6.52. The molecule has 1 amide bonds. The van der Waals surface area contributed by atoms with Crippen molar-refractivity contribution in [1.82, 2.24) is 19.7 Å². The Hall–Kier alpha value is -5.36. The van der Waals surface area contributed by atoms with Crippen LogP contribution in [0.4, 0.5) is 14.5 Å². The molecule has 9 nitrogen and oxygen atoms in total. The van der Waals surface area contributed by atoms with Crippen molar-refractivity contribution in [2.45, 2.75) is 6.92 Å². The number of aromatic nitrogens is 3. The van der Waals surface area contributed by atoms with Gasteiger partial charge in [-0.1, -0.05) is 0 Å². The van der Waals surface area contributed by atoms with Gasteiger partial charge < -0.3 is 9.73 Å². The van der Waals surface area contributed by atoms with Gasteiger partial charge in [0.05, 0.1) is 39.2 Å². The molecule has 2 N–H and O–H groups in total. The van der Waals surface area contributed by atoms with E-state index in [1.807, 2.05) is 10.5 Å². The Morgan fingerprint density at radius 1 is 0.955 bits per heavy atom. The molecule has 0 saturated heterocycles. The van der Waals surface area contributed by atoms with Gasteiger partial charge >= 0.3 is 0 Å². The fourth-order valence-electron chi connectivity index (χ4n) is 5.36. The fraction of sp³-hybridized carbons (Fsp3) is 0.0938. The molecule has 0 saturated carbocycles. The number of furan rings is 1. The number of benzene rings is 3. The molecule has 0 atom stereocenters. The van der Waals surface area contributed by atoms with Gasteiger partial charge in [-0.05, 0) is 73.7 Å². The van der Waals surface area contributed by atoms with E-state index in [0.29, 0.717) is 44.1 Å². The van der Waals surface area contributed by atoms with Crippen LogP contribution in [0.2, 0.25) is 0 Å². The number of fused-ring (bicyclic) bond motifs is 6. The van der Waals surface area contributed by atoms with E-state index in [4.69, 9.17) is 9.40 Å². The Balaban J connectivity index is 1.51. The van der Waals surface area contributed by atoms with Gasteiger partial charge in [-0.25, -0.2) is 27.2 Å². The van der Waals surface area contributed by atoms with Gasteiger partial charge in [0.15, 0.2) is 0 Å². The summed E-state index contributed by atoms with van der Waals surface area (Å²) >= 11 is 0. The maximum Gasteiger partial charge on any atom is 0.255 e. The smallest absolute Gasteiger partial charge is 0.255 e. The normalized spacial score (nSPS) is 12.0. The maximum atomic E-state index is 14.0. The van der Waals surface area contributed by atoms with Crippen molar-refractivity contribution in [2.24, 2.45) is 0 Å². The number of amides is 1. The first-order valence-corrected chi connectivity index (χ1v) is 15.3. The Morgan fingerprint density at radius 2 is 1.73 bits per heavy atom. The second-order valence-electron chi connectivity index (χ2n) is 10.2. The van der Waals surface area contributed by atoms with Crippen LogP contribution in [0.1, 0.15) is 17.3 Å². The average Bonchev–Trinajstić information content (AvgIpc) is 3.58. The van der Waals surface area contributed by atoms with E-state index in [0.717, 1.165) is 5.52 Å². The number of nitrogens with zero attached hydrogens (tertiary/aromatic N) is 3. The zero-order chi connectivity index (χ0) is 30.7. The summed E-state index contributed by atoms with van der Waals surface area (Å²) in [4.78, 5) is 22.6. The average molecular weight is 612 g/mol. The zero-order valence-electron chi connectivity index (χ0n) is 23.4. The van der Waals surface area contributed by atoms with E-state index in [2.05, 4.69) is 15.0 Å². The second-order valence-corrected chi connectivity index (χ2v) is 12.2. The van der Waals surface area contributed by atoms with E-state index in [-0.39, 0.29) is 34.2 Å². The lowest BCUT2D eigenvalue weighted by molar-refractivity contribution is 0.0964. The molecule has 12 heteroatoms. The van der Waals surface area contributed by atoms with Gasteiger partial charge in [-0.15, -0.1) is 0 Å². The number of carbonyl (C=O) groups excluding carboxylic acids is 1. The van der Waals surface area contributed by atoms with Crippen molar-refractivity contribution in [3.05, 3.63) is 96.3 Å². The van der Waals surface area contributed by atoms with E-state index in [1.165, 1.54) is 56.4 Å². The van der Waals surface area contributed by atoms with Crippen LogP contribution in [0.5, 0.6) is 0 Å². The number of hydrogen-bond acceptors (Lipinski definition) is 6. The summed E-state index contributed by atoms with van der Waals surface area (Å²) in [6.07, 6.45) is 1.64. The SMILES string of the molecule is CCS(=O)(=O)Nc1cc2oc(-c3ccc(F)cc3)c(C(=O)NC)c2cc1-c1ccc2ncn3c4ccc(F)cc4cc3c2n1. The number of rotatable bonds is 6. The van der Waals surface area contributed by atoms with Gasteiger partial charge in [-0.2, -0.15) is 0 Å². The number of hydrogen-bond donors (Lipinski definition) is 2. The van der Waals surface area contributed by atoms with Crippen molar-refractivity contribution in [1.29, 1.82) is 0 Å². The number of anilines is 1. The largest absolute Gasteiger partial charge is 0.455 e. The molecule has 4 heterocycles. The van der Waals surface area contributed by atoms with Crippen molar-refractivity contribution >= 4 is 60.0 Å². The first-order valence-electron chi connectivity index (χ1n) is 13.6. The summed E-state index contributed by atoms with van der Waals surface area (Å²) in [7, 11) is -2.26. The summed E-state index contributed by atoms with van der Waals surface area (Å²) in [5.74, 6) is -1.24. The zero-order valence-corrected chi connectivity index (χ0v) is 24.2. The molecule has 44 heavy (non-hydrogen) atoms. The standard InChI is InChI=1S/C32H23F2N5O4S/c1-3-44(41,42)38-25-15-28-22(29(32(40)35-2)31(43-28)17-4-6-19(33)7-5-17)14-21(25)23-9-10-24-30(37-23)27-13-18-12-20(34)8-11-26(18)39(27)16-36-24/h4-16,38H,3H2,1-2H3,(H,35,40). The van der Waals surface area contributed by atoms with Gasteiger partial charge in [-0.3, -0.25) is 13.9 Å². The number of pyridine rings is 1. The third kappa shape index (κ3) is 4.51. The van der Waals surface area contributed by atoms with Crippen LogP contribution < -0.4 is 10.0 Å². The van der Waals surface area contributed by atoms with Crippen LogP contribution in [-0.4, -0.2) is 41.5 Å². The first kappa shape index (κ1) is 27.5. The molecule has 0 fully saturated rings. The summed E-state index contributed by atoms with van der Waals surface area (Å²) < 4.78 is 63.8. The maximum absolute atomic E-state index is 14.0. The number of sulfonamides is 1. The molecule has 0 aliphatic carbocycles. The Bertz CT molecular complexity index is 2400. The quantitative estimate of drug-likeness (QED) is 0.221. The van der Waals surface area contributed by atoms with Gasteiger partial charge in [0.2, 0.25) is 10.0 Å². The highest BCUT2D eigenvalue weighted by Crippen LogP contribution is 2.40. The number of carbonyl (C=O) groups is 1. The van der Waals surface area contributed by atoms with E-state index in [9.17, 15) is 22.0 Å². The van der Waals surface area contributed by atoms with Crippen molar-refractivity contribution < 1.29 is 26.4 Å². The second kappa shape index (κ2) is 10.1. The molecule has 4 aromatic heterocycles. The monoisotopic (exact) mass is 611 g/mol. The highest BCUT2D eigenvalue weighted by molar-refractivity contribution is 7.92. The molecule has 7 aromatic rings. The Kier molecular flexibility index (Phi) is 6.32. The number of halogens is 2. The fourth-order valence-corrected chi connectivity index (χ4v) is 6.01. The molecule has 0 unspecified atom stereocenters. The minimum absolute atomic E-state index is 0.185. The predicted molar refractivity (Wildman–Crippen MR) is 165 cm³/mol. The molecule has 7 rings (SSSR count). The molecular formula is C32H23F2N5O4S. The van der Waals surface area contributed by atoms with E-state index >= 15 is 0 Å². The van der Waals surface area contributed by atoms with Crippen molar-refractivity contribution in [2.75, 3.05) is 17.5 Å². The molecule has 220 valence electrons. The highest BCUT2D eigenvalue weighted by atomic mass is 32.2. The molecule has 0 aliphatic rings. The summed E-state index contributed by atoms with van der Waals surface area (Å²) in [5, 5.41) is 3.70. The van der Waals surface area contributed by atoms with Crippen LogP contribution >= 0.6 is 0 Å². The topological polar surface area (TPSA) is 119 Å². The Morgan fingerprint density at radius 3 is 2.48 bits per heavy atom. The molecule has 0 aliphatic heterocycles. The van der Waals surface area contributed by atoms with Crippen LogP contribution in [0.15, 0.2) is 83.5 Å². The van der Waals surface area contributed by atoms with Gasteiger partial charge in [0, 0.05) is 35.0 Å². The number of nitrogens with one attached hydrogen (secondary N) is 2. The van der Waals surface area contributed by atoms with Crippen LogP contribution in [0, 0.1) is 11.6 Å². The minimum Gasteiger partial charge on any atom is -0.455 e.